The Labute approximate surface area is 171 Å². The molecule has 0 radical (unpaired) electrons. The third-order valence-electron chi connectivity index (χ3n) is 3.82. The number of amides is 1. The normalized spacial score (nSPS) is 11.7. The van der Waals surface area contributed by atoms with Gasteiger partial charge in [-0.3, -0.25) is 9.52 Å². The molecule has 0 bridgehead atoms. The van der Waals surface area contributed by atoms with Crippen molar-refractivity contribution in [1.82, 2.24) is 10.2 Å². The molecule has 150 valence electrons. The maximum absolute atomic E-state index is 12.5. The van der Waals surface area contributed by atoms with Crippen LogP contribution in [0.3, 0.4) is 0 Å². The van der Waals surface area contributed by atoms with Crippen molar-refractivity contribution >= 4 is 39.3 Å². The van der Waals surface area contributed by atoms with E-state index in [-0.39, 0.29) is 10.8 Å². The van der Waals surface area contributed by atoms with Gasteiger partial charge < -0.3 is 10.2 Å². The van der Waals surface area contributed by atoms with Crippen molar-refractivity contribution in [2.24, 2.45) is 0 Å². The topological polar surface area (TPSA) is 78.5 Å². The van der Waals surface area contributed by atoms with Gasteiger partial charge in [-0.05, 0) is 63.0 Å². The van der Waals surface area contributed by atoms with E-state index in [1.54, 1.807) is 42.5 Å². The second-order valence-electron chi connectivity index (χ2n) is 6.44. The van der Waals surface area contributed by atoms with Gasteiger partial charge in [0.1, 0.15) is 0 Å². The van der Waals surface area contributed by atoms with Crippen molar-refractivity contribution in [3.05, 3.63) is 65.2 Å². The van der Waals surface area contributed by atoms with Gasteiger partial charge in [0.25, 0.3) is 10.0 Å². The highest BCUT2D eigenvalue weighted by Crippen LogP contribution is 2.24. The Morgan fingerprint density at radius 3 is 2.43 bits per heavy atom. The maximum atomic E-state index is 12.5. The number of rotatable bonds is 9. The molecule has 8 heteroatoms. The molecular weight excluding hydrogens is 398 g/mol. The summed E-state index contributed by atoms with van der Waals surface area (Å²) in [5.41, 5.74) is 1.04. The largest absolute Gasteiger partial charge is 0.353 e. The van der Waals surface area contributed by atoms with Gasteiger partial charge >= 0.3 is 0 Å². The molecule has 0 spiro atoms. The molecule has 0 unspecified atom stereocenters. The van der Waals surface area contributed by atoms with Crippen LogP contribution in [0.5, 0.6) is 0 Å². The van der Waals surface area contributed by atoms with Crippen LogP contribution >= 0.6 is 11.6 Å². The minimum atomic E-state index is -3.75. The minimum Gasteiger partial charge on any atom is -0.353 e. The van der Waals surface area contributed by atoms with Crippen molar-refractivity contribution in [2.75, 3.05) is 31.9 Å². The molecule has 0 aliphatic rings. The van der Waals surface area contributed by atoms with E-state index in [1.807, 2.05) is 14.1 Å². The van der Waals surface area contributed by atoms with E-state index in [1.165, 1.54) is 18.2 Å². The quantitative estimate of drug-likeness (QED) is 0.481. The molecule has 0 saturated carbocycles. The fourth-order valence-electron chi connectivity index (χ4n) is 2.34. The standard InChI is InChI=1S/C20H24ClN3O3S/c1-24(2)15-5-14-22-20(25)13-10-16-8-11-17(12-9-16)28(26,27)23-19-7-4-3-6-18(19)21/h3-4,6-13,23H,5,14-15H2,1-2H3,(H,22,25)/b13-10+. The number of halogens is 1. The number of nitrogens with one attached hydrogen (secondary N) is 2. The summed E-state index contributed by atoms with van der Waals surface area (Å²) in [5, 5.41) is 3.13. The Bertz CT molecular complexity index is 926. The average Bonchev–Trinajstić information content (AvgIpc) is 2.65. The molecule has 0 atom stereocenters. The summed E-state index contributed by atoms with van der Waals surface area (Å²) in [6.45, 7) is 1.51. The zero-order chi connectivity index (χ0) is 20.6. The first kappa shape index (κ1) is 21.9. The molecule has 1 amide bonds. The molecule has 0 aromatic heterocycles. The van der Waals surface area contributed by atoms with E-state index in [2.05, 4.69) is 14.9 Å². The van der Waals surface area contributed by atoms with Crippen molar-refractivity contribution in [1.29, 1.82) is 0 Å². The highest BCUT2D eigenvalue weighted by Gasteiger charge is 2.15. The fraction of sp³-hybridized carbons (Fsp3) is 0.250. The first-order valence-corrected chi connectivity index (χ1v) is 10.6. The zero-order valence-electron chi connectivity index (χ0n) is 15.9. The predicted octanol–water partition coefficient (Wildman–Crippen LogP) is 3.22. The summed E-state index contributed by atoms with van der Waals surface area (Å²) < 4.78 is 27.4. The number of carbonyl (C=O) groups is 1. The second kappa shape index (κ2) is 10.3. The van der Waals surface area contributed by atoms with Crippen LogP contribution in [0.1, 0.15) is 12.0 Å². The Morgan fingerprint density at radius 1 is 1.11 bits per heavy atom. The number of hydrogen-bond acceptors (Lipinski definition) is 4. The van der Waals surface area contributed by atoms with Crippen LogP contribution in [-0.2, 0) is 14.8 Å². The third kappa shape index (κ3) is 6.99. The number of hydrogen-bond donors (Lipinski definition) is 2. The summed E-state index contributed by atoms with van der Waals surface area (Å²) in [6.07, 6.45) is 3.94. The molecule has 0 aliphatic heterocycles. The first-order valence-electron chi connectivity index (χ1n) is 8.76. The van der Waals surface area contributed by atoms with Gasteiger partial charge in [0.15, 0.2) is 0 Å². The molecule has 2 rings (SSSR count). The lowest BCUT2D eigenvalue weighted by Gasteiger charge is -2.09. The lowest BCUT2D eigenvalue weighted by molar-refractivity contribution is -0.116. The molecule has 6 nitrogen and oxygen atoms in total. The van der Waals surface area contributed by atoms with E-state index in [9.17, 15) is 13.2 Å². The van der Waals surface area contributed by atoms with E-state index in [4.69, 9.17) is 11.6 Å². The molecule has 2 aromatic carbocycles. The van der Waals surface area contributed by atoms with Crippen molar-refractivity contribution in [3.8, 4) is 0 Å². The van der Waals surface area contributed by atoms with E-state index in [0.29, 0.717) is 17.3 Å². The highest BCUT2D eigenvalue weighted by molar-refractivity contribution is 7.92. The van der Waals surface area contributed by atoms with Gasteiger partial charge in [0, 0.05) is 12.6 Å². The number of sulfonamides is 1. The maximum Gasteiger partial charge on any atom is 0.261 e. The van der Waals surface area contributed by atoms with Gasteiger partial charge in [-0.15, -0.1) is 0 Å². The molecular formula is C20H24ClN3O3S. The summed E-state index contributed by atoms with van der Waals surface area (Å²) in [6, 6.07) is 12.9. The fourth-order valence-corrected chi connectivity index (χ4v) is 3.66. The number of para-hydroxylation sites is 1. The monoisotopic (exact) mass is 421 g/mol. The Balaban J connectivity index is 1.95. The molecule has 0 heterocycles. The number of nitrogens with zero attached hydrogens (tertiary/aromatic N) is 1. The zero-order valence-corrected chi connectivity index (χ0v) is 17.4. The third-order valence-corrected chi connectivity index (χ3v) is 5.53. The molecule has 0 saturated heterocycles. The van der Waals surface area contributed by atoms with Gasteiger partial charge in [0.2, 0.25) is 5.91 Å². The molecule has 2 aromatic rings. The minimum absolute atomic E-state index is 0.109. The van der Waals surface area contributed by atoms with Crippen molar-refractivity contribution < 1.29 is 13.2 Å². The predicted molar refractivity (Wildman–Crippen MR) is 114 cm³/mol. The molecule has 2 N–H and O–H groups in total. The average molecular weight is 422 g/mol. The van der Waals surface area contributed by atoms with Crippen LogP contribution in [0.2, 0.25) is 5.02 Å². The SMILES string of the molecule is CN(C)CCCNC(=O)/C=C/c1ccc(S(=O)(=O)Nc2ccccc2Cl)cc1. The first-order chi connectivity index (χ1) is 13.3. The second-order valence-corrected chi connectivity index (χ2v) is 8.53. The van der Waals surface area contributed by atoms with Gasteiger partial charge in [-0.2, -0.15) is 0 Å². The van der Waals surface area contributed by atoms with Crippen LogP contribution < -0.4 is 10.0 Å². The lowest BCUT2D eigenvalue weighted by Crippen LogP contribution is -2.25. The van der Waals surface area contributed by atoms with Crippen molar-refractivity contribution in [3.63, 3.8) is 0 Å². The Kier molecular flexibility index (Phi) is 8.04. The molecule has 0 fully saturated rings. The highest BCUT2D eigenvalue weighted by atomic mass is 35.5. The van der Waals surface area contributed by atoms with Crippen LogP contribution in [0, 0.1) is 0 Å². The number of anilines is 1. The smallest absolute Gasteiger partial charge is 0.261 e. The number of benzene rings is 2. The summed E-state index contributed by atoms with van der Waals surface area (Å²) in [7, 11) is 0.216. The summed E-state index contributed by atoms with van der Waals surface area (Å²) in [5.74, 6) is -0.184. The Hall–Kier alpha value is -2.35. The van der Waals surface area contributed by atoms with Gasteiger partial charge in [-0.25, -0.2) is 8.42 Å². The number of carbonyl (C=O) groups excluding carboxylic acids is 1. The molecule has 28 heavy (non-hydrogen) atoms. The molecule has 0 aliphatic carbocycles. The lowest BCUT2D eigenvalue weighted by atomic mass is 10.2. The van der Waals surface area contributed by atoms with E-state index in [0.717, 1.165) is 18.5 Å². The Morgan fingerprint density at radius 2 is 1.79 bits per heavy atom. The van der Waals surface area contributed by atoms with Crippen molar-refractivity contribution in [2.45, 2.75) is 11.3 Å². The summed E-state index contributed by atoms with van der Waals surface area (Å²) in [4.78, 5) is 14.0. The van der Waals surface area contributed by atoms with Crippen LogP contribution in [0.15, 0.2) is 59.5 Å². The van der Waals surface area contributed by atoms with Crippen LogP contribution in [0.4, 0.5) is 5.69 Å². The van der Waals surface area contributed by atoms with Gasteiger partial charge in [-0.1, -0.05) is 35.9 Å². The van der Waals surface area contributed by atoms with Gasteiger partial charge in [0.05, 0.1) is 15.6 Å². The van der Waals surface area contributed by atoms with E-state index >= 15 is 0 Å². The summed E-state index contributed by atoms with van der Waals surface area (Å²) >= 11 is 6.00. The van der Waals surface area contributed by atoms with Crippen LogP contribution in [-0.4, -0.2) is 46.4 Å². The van der Waals surface area contributed by atoms with E-state index < -0.39 is 10.0 Å². The van der Waals surface area contributed by atoms with Crippen LogP contribution in [0.25, 0.3) is 6.08 Å².